The Hall–Kier alpha value is -1.76. The van der Waals surface area contributed by atoms with Crippen LogP contribution in [0, 0.1) is 0 Å². The van der Waals surface area contributed by atoms with Gasteiger partial charge in [0.25, 0.3) is 0 Å². The molecule has 118 valence electrons. The third-order valence-electron chi connectivity index (χ3n) is 2.95. The molecule has 0 amide bonds. The molecular weight excluding hydrogens is 294 g/mol. The molecule has 1 aromatic rings. The third-order valence-corrected chi connectivity index (χ3v) is 5.52. The zero-order valence-electron chi connectivity index (χ0n) is 12.7. The van der Waals surface area contributed by atoms with E-state index in [1.165, 1.54) is 19.2 Å². The molecule has 0 unspecified atom stereocenters. The van der Waals surface area contributed by atoms with E-state index in [0.717, 1.165) is 0 Å². The van der Waals surface area contributed by atoms with Crippen LogP contribution in [-0.2, 0) is 14.6 Å². The van der Waals surface area contributed by atoms with Crippen molar-refractivity contribution in [1.82, 2.24) is 0 Å². The summed E-state index contributed by atoms with van der Waals surface area (Å²) < 4.78 is 33.2. The van der Waals surface area contributed by atoms with Gasteiger partial charge in [0.15, 0.2) is 9.84 Å². The molecule has 0 saturated carbocycles. The minimum atomic E-state index is -3.29. The molecule has 6 nitrogen and oxygen atoms in total. The maximum atomic E-state index is 12.0. The first kappa shape index (κ1) is 17.3. The lowest BCUT2D eigenvalue weighted by atomic mass is 10.2. The van der Waals surface area contributed by atoms with Gasteiger partial charge in [0, 0.05) is 11.8 Å². The van der Waals surface area contributed by atoms with Crippen molar-refractivity contribution >= 4 is 21.5 Å². The summed E-state index contributed by atoms with van der Waals surface area (Å²) in [5.41, 5.74) is 6.27. The molecule has 7 heteroatoms. The summed E-state index contributed by atoms with van der Waals surface area (Å²) in [6, 6.07) is 4.50. The van der Waals surface area contributed by atoms with E-state index in [1.54, 1.807) is 26.8 Å². The molecule has 0 spiro atoms. The molecule has 0 fully saturated rings. The van der Waals surface area contributed by atoms with Crippen LogP contribution in [0.4, 0.5) is 5.69 Å². The van der Waals surface area contributed by atoms with E-state index in [4.69, 9.17) is 10.5 Å². The number of sulfone groups is 1. The summed E-state index contributed by atoms with van der Waals surface area (Å²) in [6.45, 7) is 4.82. The van der Waals surface area contributed by atoms with E-state index in [9.17, 15) is 13.2 Å². The van der Waals surface area contributed by atoms with Gasteiger partial charge in [0.2, 0.25) is 0 Å². The number of carbonyl (C=O) groups is 1. The van der Waals surface area contributed by atoms with Gasteiger partial charge in [-0.05, 0) is 32.9 Å². The topological polar surface area (TPSA) is 95.7 Å². The second kappa shape index (κ2) is 6.34. The molecule has 0 aliphatic carbocycles. The van der Waals surface area contributed by atoms with Crippen molar-refractivity contribution < 1.29 is 22.7 Å². The molecule has 0 heterocycles. The van der Waals surface area contributed by atoms with Crippen LogP contribution in [0.5, 0.6) is 5.75 Å². The van der Waals surface area contributed by atoms with Crippen LogP contribution in [0.15, 0.2) is 18.2 Å². The highest BCUT2D eigenvalue weighted by atomic mass is 32.2. The summed E-state index contributed by atoms with van der Waals surface area (Å²) in [4.78, 5) is 11.6. The quantitative estimate of drug-likeness (QED) is 0.655. The first-order valence-electron chi connectivity index (χ1n) is 6.41. The lowest BCUT2D eigenvalue weighted by molar-refractivity contribution is 0.0596. The molecule has 1 rings (SSSR count). The molecule has 0 aliphatic heterocycles. The van der Waals surface area contributed by atoms with Gasteiger partial charge in [-0.1, -0.05) is 0 Å². The van der Waals surface area contributed by atoms with Crippen molar-refractivity contribution in [2.24, 2.45) is 0 Å². The molecule has 0 radical (unpaired) electrons. The Balaban J connectivity index is 2.85. The van der Waals surface area contributed by atoms with E-state index in [0.29, 0.717) is 5.69 Å². The number of methoxy groups -OCH3 is 1. The number of hydrogen-bond acceptors (Lipinski definition) is 6. The van der Waals surface area contributed by atoms with Crippen LogP contribution in [-0.4, -0.2) is 38.6 Å². The number of hydrogen-bond donors (Lipinski definition) is 1. The molecule has 1 aromatic carbocycles. The van der Waals surface area contributed by atoms with Crippen molar-refractivity contribution in [3.05, 3.63) is 23.8 Å². The zero-order chi connectivity index (χ0) is 16.3. The van der Waals surface area contributed by atoms with Gasteiger partial charge < -0.3 is 15.2 Å². The summed E-state index contributed by atoms with van der Waals surface area (Å²) >= 11 is 0. The Bertz CT molecular complexity index is 617. The van der Waals surface area contributed by atoms with Crippen molar-refractivity contribution in [2.45, 2.75) is 25.5 Å². The zero-order valence-corrected chi connectivity index (χ0v) is 13.5. The van der Waals surface area contributed by atoms with E-state index in [2.05, 4.69) is 4.74 Å². The molecule has 21 heavy (non-hydrogen) atoms. The van der Waals surface area contributed by atoms with Crippen LogP contribution in [0.2, 0.25) is 0 Å². The summed E-state index contributed by atoms with van der Waals surface area (Å²) in [5.74, 6) is -0.499. The second-order valence-corrected chi connectivity index (χ2v) is 8.39. The van der Waals surface area contributed by atoms with Gasteiger partial charge in [-0.15, -0.1) is 0 Å². The average Bonchev–Trinajstić information content (AvgIpc) is 2.36. The number of benzene rings is 1. The summed E-state index contributed by atoms with van der Waals surface area (Å²) in [6.07, 6.45) is 0. The lowest BCUT2D eigenvalue weighted by Gasteiger charge is -2.19. The SMILES string of the molecule is COC(=O)c1ccc(N)cc1OCCS(=O)(=O)C(C)(C)C. The van der Waals surface area contributed by atoms with Crippen molar-refractivity contribution in [3.8, 4) is 5.75 Å². The van der Waals surface area contributed by atoms with Gasteiger partial charge in [-0.3, -0.25) is 0 Å². The van der Waals surface area contributed by atoms with Gasteiger partial charge >= 0.3 is 5.97 Å². The summed E-state index contributed by atoms with van der Waals surface area (Å²) in [7, 11) is -2.03. The van der Waals surface area contributed by atoms with Crippen LogP contribution in [0.25, 0.3) is 0 Å². The minimum Gasteiger partial charge on any atom is -0.492 e. The van der Waals surface area contributed by atoms with Crippen molar-refractivity contribution in [2.75, 3.05) is 25.2 Å². The normalized spacial score (nSPS) is 12.0. The predicted octanol–water partition coefficient (Wildman–Crippen LogP) is 1.65. The first-order valence-corrected chi connectivity index (χ1v) is 8.06. The number of nitrogen functional groups attached to an aromatic ring is 1. The molecular formula is C14H21NO5S. The Morgan fingerprint density at radius 3 is 2.43 bits per heavy atom. The number of nitrogens with two attached hydrogens (primary N) is 1. The number of rotatable bonds is 5. The molecule has 0 saturated heterocycles. The standard InChI is InChI=1S/C14H21NO5S/c1-14(2,3)21(17,18)8-7-20-12-9-10(15)5-6-11(12)13(16)19-4/h5-6,9H,7-8,15H2,1-4H3. The number of carbonyl (C=O) groups excluding carboxylic acids is 1. The van der Waals surface area contributed by atoms with Gasteiger partial charge in [-0.2, -0.15) is 0 Å². The highest BCUT2D eigenvalue weighted by molar-refractivity contribution is 7.92. The molecule has 2 N–H and O–H groups in total. The fraction of sp³-hybridized carbons (Fsp3) is 0.500. The van der Waals surface area contributed by atoms with E-state index < -0.39 is 20.6 Å². The number of anilines is 1. The highest BCUT2D eigenvalue weighted by Crippen LogP contribution is 2.23. The molecule has 0 aliphatic rings. The minimum absolute atomic E-state index is 0.0624. The van der Waals surface area contributed by atoms with Gasteiger partial charge in [0.1, 0.15) is 17.9 Å². The smallest absolute Gasteiger partial charge is 0.341 e. The fourth-order valence-corrected chi connectivity index (χ4v) is 2.42. The van der Waals surface area contributed by atoms with Crippen molar-refractivity contribution in [1.29, 1.82) is 0 Å². The molecule has 0 atom stereocenters. The number of esters is 1. The molecule has 0 bridgehead atoms. The van der Waals surface area contributed by atoms with Crippen LogP contribution >= 0.6 is 0 Å². The van der Waals surface area contributed by atoms with Crippen LogP contribution in [0.1, 0.15) is 31.1 Å². The largest absolute Gasteiger partial charge is 0.492 e. The third kappa shape index (κ3) is 4.35. The van der Waals surface area contributed by atoms with Crippen LogP contribution in [0.3, 0.4) is 0 Å². The Morgan fingerprint density at radius 1 is 1.29 bits per heavy atom. The number of ether oxygens (including phenoxy) is 2. The van der Waals surface area contributed by atoms with Gasteiger partial charge in [-0.25, -0.2) is 13.2 Å². The Labute approximate surface area is 125 Å². The van der Waals surface area contributed by atoms with E-state index >= 15 is 0 Å². The predicted molar refractivity (Wildman–Crippen MR) is 81.2 cm³/mol. The highest BCUT2D eigenvalue weighted by Gasteiger charge is 2.28. The Morgan fingerprint density at radius 2 is 1.90 bits per heavy atom. The maximum Gasteiger partial charge on any atom is 0.341 e. The first-order chi connectivity index (χ1) is 9.58. The fourth-order valence-electron chi connectivity index (χ4n) is 1.50. The summed E-state index contributed by atoms with van der Waals surface area (Å²) in [5, 5.41) is 0. The maximum absolute atomic E-state index is 12.0. The monoisotopic (exact) mass is 315 g/mol. The Kier molecular flexibility index (Phi) is 5.22. The van der Waals surface area contributed by atoms with Crippen molar-refractivity contribution in [3.63, 3.8) is 0 Å². The van der Waals surface area contributed by atoms with E-state index in [1.807, 2.05) is 0 Å². The molecule has 0 aromatic heterocycles. The lowest BCUT2D eigenvalue weighted by Crippen LogP contribution is -2.32. The second-order valence-electron chi connectivity index (χ2n) is 5.53. The average molecular weight is 315 g/mol. The van der Waals surface area contributed by atoms with Crippen LogP contribution < -0.4 is 10.5 Å². The van der Waals surface area contributed by atoms with E-state index in [-0.39, 0.29) is 23.7 Å². The van der Waals surface area contributed by atoms with Gasteiger partial charge in [0.05, 0.1) is 17.6 Å².